The standard InChI is InChI=1S/C25H35N7O2S2/c1-4-5-20-23(16(2)35-25-29-21(26)15-22(27)30-25)31-24(36-20)17-6-7-18(33-3)19(14-17)34-13-12-32-10-8-28-9-11-32/h6-7,14-16,28H,4-5,8-13H2,1-3H3,(H4,26,27,29,30). The first-order valence-electron chi connectivity index (χ1n) is 12.3. The molecule has 4 rings (SSSR count). The van der Waals surface area contributed by atoms with E-state index < -0.39 is 0 Å². The van der Waals surface area contributed by atoms with Gasteiger partial charge in [0.05, 0.1) is 18.1 Å². The topological polar surface area (TPSA) is 124 Å². The fourth-order valence-electron chi connectivity index (χ4n) is 4.08. The summed E-state index contributed by atoms with van der Waals surface area (Å²) < 4.78 is 11.7. The quantitative estimate of drug-likeness (QED) is 0.249. The van der Waals surface area contributed by atoms with Crippen molar-refractivity contribution >= 4 is 34.7 Å². The van der Waals surface area contributed by atoms with Crippen molar-refractivity contribution in [2.24, 2.45) is 0 Å². The van der Waals surface area contributed by atoms with Crippen LogP contribution in [0.3, 0.4) is 0 Å². The highest BCUT2D eigenvalue weighted by Crippen LogP contribution is 2.41. The fraction of sp³-hybridized carbons (Fsp3) is 0.480. The Labute approximate surface area is 221 Å². The molecule has 3 aromatic rings. The lowest BCUT2D eigenvalue weighted by atomic mass is 10.2. The number of rotatable bonds is 11. The van der Waals surface area contributed by atoms with Crippen LogP contribution in [-0.2, 0) is 6.42 Å². The summed E-state index contributed by atoms with van der Waals surface area (Å²) in [4.78, 5) is 17.4. The average molecular weight is 530 g/mol. The van der Waals surface area contributed by atoms with Crippen molar-refractivity contribution in [2.75, 3.05) is 57.9 Å². The Kier molecular flexibility index (Phi) is 9.24. The number of thiazole rings is 1. The van der Waals surface area contributed by atoms with Gasteiger partial charge in [-0.1, -0.05) is 25.1 Å². The van der Waals surface area contributed by atoms with Crippen LogP contribution < -0.4 is 26.3 Å². The van der Waals surface area contributed by atoms with E-state index in [2.05, 4.69) is 34.0 Å². The van der Waals surface area contributed by atoms with E-state index >= 15 is 0 Å². The molecule has 0 radical (unpaired) electrons. The van der Waals surface area contributed by atoms with Crippen LogP contribution in [0.15, 0.2) is 29.4 Å². The molecule has 0 aliphatic carbocycles. The number of hydrogen-bond donors (Lipinski definition) is 3. The highest BCUT2D eigenvalue weighted by molar-refractivity contribution is 7.99. The van der Waals surface area contributed by atoms with E-state index in [1.165, 1.54) is 16.6 Å². The number of nitrogens with zero attached hydrogens (tertiary/aromatic N) is 4. The summed E-state index contributed by atoms with van der Waals surface area (Å²) in [5.41, 5.74) is 13.8. The predicted molar refractivity (Wildman–Crippen MR) is 148 cm³/mol. The molecular weight excluding hydrogens is 494 g/mol. The molecule has 0 amide bonds. The predicted octanol–water partition coefficient (Wildman–Crippen LogP) is 3.86. The first kappa shape index (κ1) is 26.5. The van der Waals surface area contributed by atoms with Gasteiger partial charge in [0.1, 0.15) is 23.3 Å². The summed E-state index contributed by atoms with van der Waals surface area (Å²) in [6.07, 6.45) is 2.00. The number of anilines is 2. The molecule has 11 heteroatoms. The monoisotopic (exact) mass is 529 g/mol. The molecule has 0 bridgehead atoms. The highest BCUT2D eigenvalue weighted by Gasteiger charge is 2.21. The summed E-state index contributed by atoms with van der Waals surface area (Å²) in [7, 11) is 1.67. The van der Waals surface area contributed by atoms with Gasteiger partial charge < -0.3 is 26.3 Å². The third-order valence-corrected chi connectivity index (χ3v) is 8.05. The molecule has 0 saturated carbocycles. The van der Waals surface area contributed by atoms with Gasteiger partial charge in [0.15, 0.2) is 16.7 Å². The maximum atomic E-state index is 6.17. The number of aromatic nitrogens is 3. The third kappa shape index (κ3) is 6.78. The largest absolute Gasteiger partial charge is 0.493 e. The molecule has 3 heterocycles. The van der Waals surface area contributed by atoms with E-state index in [0.717, 1.165) is 73.3 Å². The summed E-state index contributed by atoms with van der Waals surface area (Å²) in [5, 5.41) is 4.95. The Morgan fingerprint density at radius 2 is 1.86 bits per heavy atom. The molecule has 1 fully saturated rings. The second-order valence-electron chi connectivity index (χ2n) is 8.64. The lowest BCUT2D eigenvalue weighted by molar-refractivity contribution is 0.188. The van der Waals surface area contributed by atoms with Crippen molar-refractivity contribution in [3.63, 3.8) is 0 Å². The molecule has 1 unspecified atom stereocenters. The van der Waals surface area contributed by atoms with Gasteiger partial charge in [0.2, 0.25) is 0 Å². The number of nitrogens with one attached hydrogen (secondary N) is 1. The van der Waals surface area contributed by atoms with E-state index in [-0.39, 0.29) is 5.25 Å². The molecule has 1 aliphatic rings. The van der Waals surface area contributed by atoms with Gasteiger partial charge in [-0.2, -0.15) is 0 Å². The number of piperazine rings is 1. The molecule has 1 aliphatic heterocycles. The Hall–Kier alpha value is -2.60. The highest BCUT2D eigenvalue weighted by atomic mass is 32.2. The summed E-state index contributed by atoms with van der Waals surface area (Å²) in [6.45, 7) is 9.95. The minimum absolute atomic E-state index is 0.0470. The number of hydrogen-bond acceptors (Lipinski definition) is 11. The van der Waals surface area contributed by atoms with E-state index in [4.69, 9.17) is 25.9 Å². The van der Waals surface area contributed by atoms with Gasteiger partial charge in [-0.25, -0.2) is 15.0 Å². The average Bonchev–Trinajstić information content (AvgIpc) is 3.28. The van der Waals surface area contributed by atoms with Crippen LogP contribution in [0.5, 0.6) is 11.5 Å². The van der Waals surface area contributed by atoms with Crippen molar-refractivity contribution in [2.45, 2.75) is 37.1 Å². The van der Waals surface area contributed by atoms with Crippen LogP contribution >= 0.6 is 23.1 Å². The zero-order chi connectivity index (χ0) is 25.5. The van der Waals surface area contributed by atoms with Crippen molar-refractivity contribution in [3.8, 4) is 22.1 Å². The van der Waals surface area contributed by atoms with E-state index in [9.17, 15) is 0 Å². The molecule has 1 aromatic carbocycles. The minimum Gasteiger partial charge on any atom is -0.493 e. The van der Waals surface area contributed by atoms with Crippen molar-refractivity contribution in [1.82, 2.24) is 25.2 Å². The SMILES string of the molecule is CCCc1sc(-c2ccc(OC)c(OCCN3CCNCC3)c2)nc1C(C)Sc1nc(N)cc(N)n1. The van der Waals surface area contributed by atoms with Gasteiger partial charge in [0.25, 0.3) is 0 Å². The Balaban J connectivity index is 1.53. The van der Waals surface area contributed by atoms with Gasteiger partial charge in [-0.05, 0) is 31.5 Å². The third-order valence-electron chi connectivity index (χ3n) is 5.90. The Morgan fingerprint density at radius 1 is 1.11 bits per heavy atom. The van der Waals surface area contributed by atoms with Gasteiger partial charge in [0, 0.05) is 49.2 Å². The van der Waals surface area contributed by atoms with Crippen molar-refractivity contribution in [1.29, 1.82) is 0 Å². The molecule has 9 nitrogen and oxygen atoms in total. The van der Waals surface area contributed by atoms with Crippen LogP contribution in [0, 0.1) is 0 Å². The van der Waals surface area contributed by atoms with Crippen LogP contribution in [0.2, 0.25) is 0 Å². The molecule has 5 N–H and O–H groups in total. The number of aryl methyl sites for hydroxylation is 1. The number of methoxy groups -OCH3 is 1. The van der Waals surface area contributed by atoms with Crippen molar-refractivity contribution in [3.05, 3.63) is 34.8 Å². The van der Waals surface area contributed by atoms with Crippen LogP contribution in [0.4, 0.5) is 11.6 Å². The number of thioether (sulfide) groups is 1. The van der Waals surface area contributed by atoms with Crippen LogP contribution in [0.1, 0.15) is 36.1 Å². The zero-order valence-electron chi connectivity index (χ0n) is 21.1. The molecule has 36 heavy (non-hydrogen) atoms. The minimum atomic E-state index is 0.0470. The molecule has 2 aromatic heterocycles. The zero-order valence-corrected chi connectivity index (χ0v) is 22.8. The maximum absolute atomic E-state index is 6.17. The fourth-order valence-corrected chi connectivity index (χ4v) is 6.35. The van der Waals surface area contributed by atoms with Gasteiger partial charge in [-0.3, -0.25) is 4.90 Å². The molecule has 1 atom stereocenters. The van der Waals surface area contributed by atoms with Crippen LogP contribution in [0.25, 0.3) is 10.6 Å². The second-order valence-corrected chi connectivity index (χ2v) is 11.0. The molecular formula is C25H35N7O2S2. The lowest BCUT2D eigenvalue weighted by Crippen LogP contribution is -2.44. The second kappa shape index (κ2) is 12.6. The number of benzene rings is 1. The van der Waals surface area contributed by atoms with Gasteiger partial charge >= 0.3 is 0 Å². The summed E-state index contributed by atoms with van der Waals surface area (Å²) in [5.74, 6) is 2.20. The van der Waals surface area contributed by atoms with Crippen LogP contribution in [-0.4, -0.2) is 66.3 Å². The number of nitrogen functional groups attached to an aromatic ring is 2. The lowest BCUT2D eigenvalue weighted by Gasteiger charge is -2.27. The number of ether oxygens (including phenoxy) is 2. The first-order chi connectivity index (χ1) is 17.5. The van der Waals surface area contributed by atoms with Gasteiger partial charge in [-0.15, -0.1) is 11.3 Å². The Morgan fingerprint density at radius 3 is 2.56 bits per heavy atom. The normalized spacial score (nSPS) is 15.1. The maximum Gasteiger partial charge on any atom is 0.192 e. The van der Waals surface area contributed by atoms with Crippen molar-refractivity contribution < 1.29 is 9.47 Å². The number of nitrogens with two attached hydrogens (primary N) is 2. The first-order valence-corrected chi connectivity index (χ1v) is 14.0. The van der Waals surface area contributed by atoms with E-state index in [0.29, 0.717) is 23.4 Å². The molecule has 194 valence electrons. The van der Waals surface area contributed by atoms with E-state index in [1.807, 2.05) is 18.2 Å². The summed E-state index contributed by atoms with van der Waals surface area (Å²) in [6, 6.07) is 7.59. The smallest absolute Gasteiger partial charge is 0.192 e. The molecule has 1 saturated heterocycles. The van der Waals surface area contributed by atoms with E-state index in [1.54, 1.807) is 24.5 Å². The summed E-state index contributed by atoms with van der Waals surface area (Å²) >= 11 is 3.24. The molecule has 0 spiro atoms. The Bertz CT molecular complexity index is 1130.